The first-order valence-electron chi connectivity index (χ1n) is 11.8. The monoisotopic (exact) mass is 423 g/mol. The van der Waals surface area contributed by atoms with Gasteiger partial charge in [0.05, 0.1) is 18.3 Å². The molecule has 6 rings (SSSR count). The lowest BCUT2D eigenvalue weighted by molar-refractivity contribution is 0.00835. The maximum absolute atomic E-state index is 10.8. The molecule has 3 aliphatic carbocycles. The van der Waals surface area contributed by atoms with Crippen molar-refractivity contribution in [3.63, 3.8) is 0 Å². The number of phenolic OH excluding ortho intramolecular Hbond substituents is 1. The molecule has 166 valence electrons. The van der Waals surface area contributed by atoms with E-state index >= 15 is 0 Å². The Hall–Kier alpha value is -2.18. The largest absolute Gasteiger partial charge is 0.507 e. The summed E-state index contributed by atoms with van der Waals surface area (Å²) in [6.07, 6.45) is 12.1. The van der Waals surface area contributed by atoms with Crippen LogP contribution in [0.15, 0.2) is 12.1 Å². The van der Waals surface area contributed by atoms with Gasteiger partial charge in [0.15, 0.2) is 5.82 Å². The first kappa shape index (κ1) is 20.7. The molecule has 4 aliphatic rings. The minimum atomic E-state index is 0.00212. The predicted molar refractivity (Wildman–Crippen MR) is 120 cm³/mol. The summed E-state index contributed by atoms with van der Waals surface area (Å²) in [6.45, 7) is 0.569. The second-order valence-electron chi connectivity index (χ2n) is 9.50. The number of aliphatic hydroxyl groups is 1. The maximum atomic E-state index is 10.8. The number of anilines is 1. The minimum Gasteiger partial charge on any atom is -0.507 e. The second-order valence-corrected chi connectivity index (χ2v) is 9.50. The molecule has 0 radical (unpaired) electrons. The number of fused-ring (bicyclic) bond motifs is 2. The van der Waals surface area contributed by atoms with Gasteiger partial charge in [0.2, 0.25) is 0 Å². The number of hydrogen-bond donors (Lipinski definition) is 3. The number of rotatable bonds is 2. The Bertz CT molecular complexity index is 965. The fraction of sp³-hybridized carbons (Fsp3) is 0.600. The van der Waals surface area contributed by atoms with Crippen molar-refractivity contribution in [2.24, 2.45) is 0 Å². The molecular weight excluding hydrogens is 390 g/mol. The first-order valence-corrected chi connectivity index (χ1v) is 11.8. The molecule has 0 amide bonds. The van der Waals surface area contributed by atoms with Gasteiger partial charge in [-0.1, -0.05) is 25.3 Å². The second kappa shape index (κ2) is 8.40. The fourth-order valence-corrected chi connectivity index (χ4v) is 5.25. The van der Waals surface area contributed by atoms with E-state index in [-0.39, 0.29) is 11.7 Å². The van der Waals surface area contributed by atoms with Crippen LogP contribution in [0.5, 0.6) is 5.75 Å². The molecule has 31 heavy (non-hydrogen) atoms. The van der Waals surface area contributed by atoms with E-state index in [2.05, 4.69) is 21.6 Å². The smallest absolute Gasteiger partial charge is 0.154 e. The van der Waals surface area contributed by atoms with Crippen LogP contribution in [0.1, 0.15) is 73.6 Å². The normalized spacial score (nSPS) is 21.1. The Morgan fingerprint density at radius 3 is 2.48 bits per heavy atom. The van der Waals surface area contributed by atoms with E-state index in [9.17, 15) is 5.11 Å². The first-order chi connectivity index (χ1) is 15.1. The molecule has 6 nitrogen and oxygen atoms in total. The quantitative estimate of drug-likeness (QED) is 0.668. The number of phenols is 1. The number of aromatic nitrogens is 2. The molecule has 1 aliphatic heterocycles. The van der Waals surface area contributed by atoms with Crippen molar-refractivity contribution < 1.29 is 14.9 Å². The Labute approximate surface area is 184 Å². The third kappa shape index (κ3) is 4.03. The van der Waals surface area contributed by atoms with Gasteiger partial charge in [-0.15, -0.1) is 10.2 Å². The molecule has 3 N–H and O–H groups in total. The predicted octanol–water partition coefficient (Wildman–Crippen LogP) is 4.30. The van der Waals surface area contributed by atoms with Gasteiger partial charge in [-0.2, -0.15) is 0 Å². The van der Waals surface area contributed by atoms with Gasteiger partial charge < -0.3 is 20.3 Å². The molecule has 0 bridgehead atoms. The summed E-state index contributed by atoms with van der Waals surface area (Å²) in [4.78, 5) is 0. The van der Waals surface area contributed by atoms with Gasteiger partial charge in [-0.3, -0.25) is 0 Å². The van der Waals surface area contributed by atoms with Crippen LogP contribution >= 0.6 is 0 Å². The average molecular weight is 424 g/mol. The van der Waals surface area contributed by atoms with E-state index in [1.165, 1.54) is 30.4 Å². The van der Waals surface area contributed by atoms with Crippen LogP contribution in [0.4, 0.5) is 5.82 Å². The SMILES string of the molecule is CNc1nnc(-c2ccc3c(c2O)CCC3)c2c1COC1(CC1)C2.OC1CCCCC1. The molecular formula is C25H33N3O3. The third-order valence-electron chi connectivity index (χ3n) is 7.33. The van der Waals surface area contributed by atoms with Crippen LogP contribution in [0.3, 0.4) is 0 Å². The summed E-state index contributed by atoms with van der Waals surface area (Å²) in [5, 5.41) is 31.7. The van der Waals surface area contributed by atoms with Gasteiger partial charge in [0.1, 0.15) is 11.4 Å². The van der Waals surface area contributed by atoms with Crippen LogP contribution in [-0.2, 0) is 30.6 Å². The molecule has 0 atom stereocenters. The Morgan fingerprint density at radius 1 is 1.00 bits per heavy atom. The van der Waals surface area contributed by atoms with E-state index in [4.69, 9.17) is 9.84 Å². The Kier molecular flexibility index (Phi) is 5.61. The van der Waals surface area contributed by atoms with Gasteiger partial charge >= 0.3 is 0 Å². The molecule has 0 unspecified atom stereocenters. The van der Waals surface area contributed by atoms with E-state index in [0.717, 1.165) is 79.6 Å². The van der Waals surface area contributed by atoms with Crippen molar-refractivity contribution in [3.8, 4) is 17.0 Å². The summed E-state index contributed by atoms with van der Waals surface area (Å²) in [5.41, 5.74) is 6.28. The van der Waals surface area contributed by atoms with Crippen molar-refractivity contribution in [2.75, 3.05) is 12.4 Å². The third-order valence-corrected chi connectivity index (χ3v) is 7.33. The molecule has 1 aromatic heterocycles. The average Bonchev–Trinajstić information content (AvgIpc) is 3.35. The number of nitrogens with zero attached hydrogens (tertiary/aromatic N) is 2. The Balaban J connectivity index is 0.000000250. The van der Waals surface area contributed by atoms with E-state index < -0.39 is 0 Å². The van der Waals surface area contributed by atoms with E-state index in [1.54, 1.807) is 0 Å². The van der Waals surface area contributed by atoms with E-state index in [0.29, 0.717) is 12.4 Å². The van der Waals surface area contributed by atoms with Crippen LogP contribution < -0.4 is 5.32 Å². The van der Waals surface area contributed by atoms with Crippen molar-refractivity contribution in [3.05, 3.63) is 34.4 Å². The van der Waals surface area contributed by atoms with Gasteiger partial charge in [0, 0.05) is 24.6 Å². The highest BCUT2D eigenvalue weighted by Gasteiger charge is 2.48. The molecule has 2 fully saturated rings. The van der Waals surface area contributed by atoms with E-state index in [1.807, 2.05) is 13.1 Å². The number of ether oxygens (including phenoxy) is 1. The van der Waals surface area contributed by atoms with Crippen molar-refractivity contribution >= 4 is 5.82 Å². The minimum absolute atomic E-state index is 0.00212. The highest BCUT2D eigenvalue weighted by atomic mass is 16.5. The molecule has 2 aromatic rings. The summed E-state index contributed by atoms with van der Waals surface area (Å²) in [5.74, 6) is 1.18. The number of nitrogens with one attached hydrogen (secondary N) is 1. The Morgan fingerprint density at radius 2 is 1.81 bits per heavy atom. The summed E-state index contributed by atoms with van der Waals surface area (Å²) >= 11 is 0. The highest BCUT2D eigenvalue weighted by molar-refractivity contribution is 5.75. The molecule has 6 heteroatoms. The zero-order valence-corrected chi connectivity index (χ0v) is 18.4. The number of hydrogen-bond acceptors (Lipinski definition) is 6. The van der Waals surface area contributed by atoms with Crippen LogP contribution in [0, 0.1) is 0 Å². The molecule has 1 aromatic carbocycles. The summed E-state index contributed by atoms with van der Waals surface area (Å²) in [7, 11) is 1.86. The van der Waals surface area contributed by atoms with Gasteiger partial charge in [-0.05, 0) is 67.7 Å². The number of aliphatic hydroxyl groups excluding tert-OH is 1. The number of aryl methyl sites for hydroxylation is 1. The van der Waals surface area contributed by atoms with Crippen LogP contribution in [-0.4, -0.2) is 39.2 Å². The van der Waals surface area contributed by atoms with Crippen molar-refractivity contribution in [1.82, 2.24) is 10.2 Å². The molecule has 2 saturated carbocycles. The molecule has 1 spiro atoms. The lowest BCUT2D eigenvalue weighted by Gasteiger charge is -2.28. The zero-order chi connectivity index (χ0) is 21.4. The zero-order valence-electron chi connectivity index (χ0n) is 18.4. The number of aromatic hydroxyl groups is 1. The van der Waals surface area contributed by atoms with Gasteiger partial charge in [0.25, 0.3) is 0 Å². The van der Waals surface area contributed by atoms with Gasteiger partial charge in [-0.25, -0.2) is 0 Å². The summed E-state index contributed by atoms with van der Waals surface area (Å²) < 4.78 is 6.07. The lowest BCUT2D eigenvalue weighted by atomic mass is 9.92. The summed E-state index contributed by atoms with van der Waals surface area (Å²) in [6, 6.07) is 4.15. The number of benzene rings is 1. The van der Waals surface area contributed by atoms with Crippen LogP contribution in [0.25, 0.3) is 11.3 Å². The van der Waals surface area contributed by atoms with Crippen LogP contribution in [0.2, 0.25) is 0 Å². The fourth-order valence-electron chi connectivity index (χ4n) is 5.25. The topological polar surface area (TPSA) is 87.5 Å². The molecule has 2 heterocycles. The van der Waals surface area contributed by atoms with Crippen molar-refractivity contribution in [2.45, 2.75) is 88.9 Å². The maximum Gasteiger partial charge on any atom is 0.154 e. The molecule has 0 saturated heterocycles. The lowest BCUT2D eigenvalue weighted by Crippen LogP contribution is -2.26. The highest BCUT2D eigenvalue weighted by Crippen LogP contribution is 2.50. The standard InChI is InChI=1S/C19H21N3O2.C6H12O/c1-20-18-15-10-24-19(7-8-19)9-14(15)16(21-22-18)13-6-5-11-3-2-4-12(11)17(13)23;7-6-4-2-1-3-5-6/h5-6,23H,2-4,7-10H2,1H3,(H,20,22);6-7H,1-5H2. The van der Waals surface area contributed by atoms with Crippen molar-refractivity contribution in [1.29, 1.82) is 0 Å².